The normalized spacial score (nSPS) is 16.4. The topological polar surface area (TPSA) is 24.9 Å². The summed E-state index contributed by atoms with van der Waals surface area (Å²) in [7, 11) is 1.51. The van der Waals surface area contributed by atoms with E-state index in [2.05, 4.69) is 10.3 Å². The lowest BCUT2D eigenvalue weighted by molar-refractivity contribution is 0.0430. The third-order valence-electron chi connectivity index (χ3n) is 1.83. The van der Waals surface area contributed by atoms with Crippen LogP contribution in [-0.4, -0.2) is 18.5 Å². The van der Waals surface area contributed by atoms with Gasteiger partial charge in [0.1, 0.15) is 10.5 Å². The van der Waals surface area contributed by atoms with Gasteiger partial charge in [0, 0.05) is 11.6 Å². The summed E-state index contributed by atoms with van der Waals surface area (Å²) in [5.41, 5.74) is -1.31. The van der Waals surface area contributed by atoms with Crippen LogP contribution in [0, 0.1) is 0 Å². The highest BCUT2D eigenvalue weighted by atomic mass is 32.1. The molecule has 68 valence electrons. The molecule has 5 heteroatoms. The smallest absolute Gasteiger partial charge is 0.262 e. The molecular formula is C7H10F2N2S. The van der Waals surface area contributed by atoms with Gasteiger partial charge in [-0.25, -0.2) is 13.8 Å². The van der Waals surface area contributed by atoms with E-state index in [-0.39, 0.29) is 0 Å². The Morgan fingerprint density at radius 3 is 2.67 bits per heavy atom. The number of aromatic nitrogens is 1. The van der Waals surface area contributed by atoms with E-state index in [0.29, 0.717) is 5.01 Å². The molecule has 1 unspecified atom stereocenters. The summed E-state index contributed by atoms with van der Waals surface area (Å²) >= 11 is 1.23. The van der Waals surface area contributed by atoms with Crippen LogP contribution in [0.3, 0.4) is 0 Å². The van der Waals surface area contributed by atoms with Crippen LogP contribution in [0.4, 0.5) is 8.78 Å². The maximum Gasteiger partial charge on any atom is 0.262 e. The average molecular weight is 192 g/mol. The van der Waals surface area contributed by atoms with Crippen LogP contribution in [0.5, 0.6) is 0 Å². The molecular weight excluding hydrogens is 182 g/mol. The number of nitrogens with one attached hydrogen (secondary N) is 1. The molecule has 1 heterocycles. The Bertz CT molecular complexity index is 238. The lowest BCUT2D eigenvalue weighted by Crippen LogP contribution is -2.43. The number of hydrogen-bond acceptors (Lipinski definition) is 3. The number of nitrogens with zero attached hydrogens (tertiary/aromatic N) is 1. The Hall–Kier alpha value is -0.550. The summed E-state index contributed by atoms with van der Waals surface area (Å²) < 4.78 is 25.1. The van der Waals surface area contributed by atoms with Crippen molar-refractivity contribution in [3.05, 3.63) is 16.6 Å². The molecule has 0 saturated heterocycles. The van der Waals surface area contributed by atoms with Crippen molar-refractivity contribution >= 4 is 11.3 Å². The van der Waals surface area contributed by atoms with Crippen LogP contribution < -0.4 is 5.32 Å². The fraction of sp³-hybridized carbons (Fsp3) is 0.571. The minimum atomic E-state index is -2.45. The summed E-state index contributed by atoms with van der Waals surface area (Å²) in [4.78, 5) is 3.86. The fourth-order valence-electron chi connectivity index (χ4n) is 0.789. The lowest BCUT2D eigenvalue weighted by Gasteiger charge is -2.25. The highest BCUT2D eigenvalue weighted by Gasteiger charge is 2.37. The monoisotopic (exact) mass is 192 g/mol. The predicted octanol–water partition coefficient (Wildman–Crippen LogP) is 1.84. The fourth-order valence-corrected chi connectivity index (χ4v) is 1.60. The molecule has 1 aromatic heterocycles. The highest BCUT2D eigenvalue weighted by molar-refractivity contribution is 7.09. The average Bonchev–Trinajstić information content (AvgIpc) is 2.54. The first-order valence-electron chi connectivity index (χ1n) is 3.48. The van der Waals surface area contributed by atoms with Gasteiger partial charge in [0.25, 0.3) is 6.43 Å². The van der Waals surface area contributed by atoms with E-state index in [1.807, 2.05) is 0 Å². The summed E-state index contributed by atoms with van der Waals surface area (Å²) in [6.45, 7) is 1.44. The molecule has 1 rings (SSSR count). The van der Waals surface area contributed by atoms with Gasteiger partial charge in [-0.2, -0.15) is 0 Å². The number of hydrogen-bond donors (Lipinski definition) is 1. The van der Waals surface area contributed by atoms with Crippen molar-refractivity contribution in [2.45, 2.75) is 18.9 Å². The van der Waals surface area contributed by atoms with Crippen molar-refractivity contribution in [1.82, 2.24) is 10.3 Å². The SMILES string of the molecule is CNC(C)(c1nccs1)C(F)F. The Morgan fingerprint density at radius 1 is 1.67 bits per heavy atom. The lowest BCUT2D eigenvalue weighted by atomic mass is 10.1. The van der Waals surface area contributed by atoms with Crippen molar-refractivity contribution in [2.24, 2.45) is 0 Å². The van der Waals surface area contributed by atoms with Gasteiger partial charge in [-0.15, -0.1) is 11.3 Å². The van der Waals surface area contributed by atoms with Crippen LogP contribution in [0.2, 0.25) is 0 Å². The van der Waals surface area contributed by atoms with Gasteiger partial charge in [0.2, 0.25) is 0 Å². The minimum absolute atomic E-state index is 0.417. The van der Waals surface area contributed by atoms with Gasteiger partial charge in [-0.05, 0) is 14.0 Å². The number of alkyl halides is 2. The van der Waals surface area contributed by atoms with Crippen LogP contribution in [-0.2, 0) is 5.54 Å². The zero-order valence-corrected chi connectivity index (χ0v) is 7.66. The second-order valence-corrected chi connectivity index (χ2v) is 3.48. The molecule has 1 aromatic rings. The largest absolute Gasteiger partial charge is 0.304 e. The van der Waals surface area contributed by atoms with Gasteiger partial charge in [-0.1, -0.05) is 0 Å². The zero-order valence-electron chi connectivity index (χ0n) is 6.84. The second-order valence-electron chi connectivity index (χ2n) is 2.59. The van der Waals surface area contributed by atoms with Crippen LogP contribution in [0.25, 0.3) is 0 Å². The quantitative estimate of drug-likeness (QED) is 0.790. The maximum absolute atomic E-state index is 12.6. The van der Waals surface area contributed by atoms with Gasteiger partial charge in [0.05, 0.1) is 0 Å². The molecule has 12 heavy (non-hydrogen) atoms. The van der Waals surface area contributed by atoms with E-state index >= 15 is 0 Å². The molecule has 0 radical (unpaired) electrons. The molecule has 0 aromatic carbocycles. The third kappa shape index (κ3) is 1.47. The first kappa shape index (κ1) is 9.54. The maximum atomic E-state index is 12.6. The van der Waals surface area contributed by atoms with Crippen LogP contribution in [0.15, 0.2) is 11.6 Å². The summed E-state index contributed by atoms with van der Waals surface area (Å²) in [6.07, 6.45) is -0.925. The van der Waals surface area contributed by atoms with E-state index in [1.165, 1.54) is 31.5 Å². The van der Waals surface area contributed by atoms with E-state index in [0.717, 1.165) is 0 Å². The first-order valence-corrected chi connectivity index (χ1v) is 4.36. The Labute approximate surface area is 73.6 Å². The van der Waals surface area contributed by atoms with Gasteiger partial charge in [0.15, 0.2) is 0 Å². The third-order valence-corrected chi connectivity index (χ3v) is 2.84. The second kappa shape index (κ2) is 3.45. The molecule has 0 aliphatic carbocycles. The highest BCUT2D eigenvalue weighted by Crippen LogP contribution is 2.28. The molecule has 0 saturated carbocycles. The first-order chi connectivity index (χ1) is 5.61. The number of thiazole rings is 1. The van der Waals surface area contributed by atoms with Crippen molar-refractivity contribution in [2.75, 3.05) is 7.05 Å². The standard InChI is InChI=1S/C7H10F2N2S/c1-7(10-2,5(8)9)6-11-3-4-12-6/h3-5,10H,1-2H3. The Morgan fingerprint density at radius 2 is 2.33 bits per heavy atom. The number of halogens is 2. The summed E-state index contributed by atoms with van der Waals surface area (Å²) in [5.74, 6) is 0. The van der Waals surface area contributed by atoms with Crippen LogP contribution >= 0.6 is 11.3 Å². The van der Waals surface area contributed by atoms with Crippen molar-refractivity contribution in [3.8, 4) is 0 Å². The van der Waals surface area contributed by atoms with E-state index in [4.69, 9.17) is 0 Å². The van der Waals surface area contributed by atoms with Gasteiger partial charge < -0.3 is 5.32 Å². The van der Waals surface area contributed by atoms with Gasteiger partial charge >= 0.3 is 0 Å². The summed E-state index contributed by atoms with van der Waals surface area (Å²) in [5, 5.41) is 4.68. The molecule has 1 atom stereocenters. The van der Waals surface area contributed by atoms with Crippen molar-refractivity contribution in [1.29, 1.82) is 0 Å². The Balaban J connectivity index is 2.96. The van der Waals surface area contributed by atoms with Crippen LogP contribution in [0.1, 0.15) is 11.9 Å². The Kier molecular flexibility index (Phi) is 2.74. The molecule has 0 fully saturated rings. The molecule has 0 spiro atoms. The number of rotatable bonds is 3. The predicted molar refractivity (Wildman–Crippen MR) is 44.5 cm³/mol. The van der Waals surface area contributed by atoms with Crippen molar-refractivity contribution < 1.29 is 8.78 Å². The van der Waals surface area contributed by atoms with E-state index in [1.54, 1.807) is 5.38 Å². The summed E-state index contributed by atoms with van der Waals surface area (Å²) in [6, 6.07) is 0. The minimum Gasteiger partial charge on any atom is -0.304 e. The van der Waals surface area contributed by atoms with E-state index < -0.39 is 12.0 Å². The zero-order chi connectivity index (χ0) is 9.19. The molecule has 1 N–H and O–H groups in total. The molecule has 0 aliphatic heterocycles. The van der Waals surface area contributed by atoms with Crippen molar-refractivity contribution in [3.63, 3.8) is 0 Å². The molecule has 0 amide bonds. The molecule has 0 aliphatic rings. The van der Waals surface area contributed by atoms with E-state index in [9.17, 15) is 8.78 Å². The molecule has 2 nitrogen and oxygen atoms in total. The molecule has 0 bridgehead atoms. The van der Waals surface area contributed by atoms with Gasteiger partial charge in [-0.3, -0.25) is 0 Å².